The third-order valence-electron chi connectivity index (χ3n) is 5.32. The van der Waals surface area contributed by atoms with E-state index in [0.29, 0.717) is 18.1 Å². The first-order valence-electron chi connectivity index (χ1n) is 10.2. The van der Waals surface area contributed by atoms with Gasteiger partial charge in [-0.3, -0.25) is 14.6 Å². The summed E-state index contributed by atoms with van der Waals surface area (Å²) in [6.07, 6.45) is 0. The van der Waals surface area contributed by atoms with E-state index in [1.54, 1.807) is 23.5 Å². The number of halogens is 2. The molecule has 1 aromatic heterocycles. The quantitative estimate of drug-likeness (QED) is 0.580. The highest BCUT2D eigenvalue weighted by Crippen LogP contribution is 2.23. The number of thiazole rings is 1. The molecule has 0 unspecified atom stereocenters. The maximum absolute atomic E-state index is 13.1. The lowest BCUT2D eigenvalue weighted by Crippen LogP contribution is -2.49. The second kappa shape index (κ2) is 10.3. The van der Waals surface area contributed by atoms with Gasteiger partial charge in [0.25, 0.3) is 0 Å². The molecule has 0 bridgehead atoms. The van der Waals surface area contributed by atoms with Crippen LogP contribution < -0.4 is 5.32 Å². The van der Waals surface area contributed by atoms with Crippen LogP contribution in [0.3, 0.4) is 0 Å². The third-order valence-corrected chi connectivity index (χ3v) is 6.52. The number of piperazine rings is 1. The summed E-state index contributed by atoms with van der Waals surface area (Å²) in [5.41, 5.74) is 2.73. The summed E-state index contributed by atoms with van der Waals surface area (Å²) in [4.78, 5) is 21.5. The molecule has 5 nitrogen and oxygen atoms in total. The Labute approximate surface area is 190 Å². The molecule has 0 saturated carbocycles. The van der Waals surface area contributed by atoms with Gasteiger partial charge in [-0.05, 0) is 35.9 Å². The molecule has 4 rings (SSSR count). The summed E-state index contributed by atoms with van der Waals surface area (Å²) in [5.74, 6) is -0.230. The lowest BCUT2D eigenvalue weighted by molar-refractivity contribution is -0.122. The van der Waals surface area contributed by atoms with Gasteiger partial charge >= 0.3 is 0 Å². The topological polar surface area (TPSA) is 48.5 Å². The fraction of sp³-hybridized carbons (Fsp3) is 0.304. The molecule has 31 heavy (non-hydrogen) atoms. The zero-order valence-corrected chi connectivity index (χ0v) is 18.6. The van der Waals surface area contributed by atoms with Gasteiger partial charge in [0, 0.05) is 48.7 Å². The lowest BCUT2D eigenvalue weighted by Gasteiger charge is -2.33. The predicted octanol–water partition coefficient (Wildman–Crippen LogP) is 4.04. The molecule has 1 aliphatic heterocycles. The molecule has 0 radical (unpaired) electrons. The number of hydrogen-bond acceptors (Lipinski definition) is 5. The Kier molecular flexibility index (Phi) is 7.29. The lowest BCUT2D eigenvalue weighted by atomic mass is 10.2. The van der Waals surface area contributed by atoms with Crippen molar-refractivity contribution in [2.45, 2.75) is 13.1 Å². The van der Waals surface area contributed by atoms with Crippen LogP contribution in [0, 0.1) is 5.82 Å². The first kappa shape index (κ1) is 21.9. The molecular formula is C23H24ClFN4OS. The van der Waals surface area contributed by atoms with Gasteiger partial charge < -0.3 is 5.32 Å². The number of nitrogens with zero attached hydrogens (tertiary/aromatic N) is 3. The molecule has 0 aliphatic carbocycles. The van der Waals surface area contributed by atoms with Crippen LogP contribution in [0.5, 0.6) is 0 Å². The molecule has 2 heterocycles. The van der Waals surface area contributed by atoms with Gasteiger partial charge in [-0.15, -0.1) is 11.3 Å². The summed E-state index contributed by atoms with van der Waals surface area (Å²) in [7, 11) is 0. The van der Waals surface area contributed by atoms with Crippen molar-refractivity contribution in [3.63, 3.8) is 0 Å². The van der Waals surface area contributed by atoms with Gasteiger partial charge in [0.15, 0.2) is 0 Å². The SMILES string of the molecule is O=C(CN1CCN(Cc2nc(-c3ccc(F)cc3)cs2)CC1)NCc1ccccc1Cl. The molecule has 1 N–H and O–H groups in total. The maximum Gasteiger partial charge on any atom is 0.234 e. The second-order valence-corrected chi connectivity index (χ2v) is 8.90. The minimum atomic E-state index is -0.241. The number of carbonyl (C=O) groups excluding carboxylic acids is 1. The van der Waals surface area contributed by atoms with Crippen LogP contribution in [0.2, 0.25) is 5.02 Å². The molecule has 162 valence electrons. The highest BCUT2D eigenvalue weighted by molar-refractivity contribution is 7.09. The van der Waals surface area contributed by atoms with Crippen LogP contribution in [-0.2, 0) is 17.9 Å². The summed E-state index contributed by atoms with van der Waals surface area (Å²) >= 11 is 7.76. The maximum atomic E-state index is 13.1. The van der Waals surface area contributed by atoms with E-state index in [1.807, 2.05) is 29.6 Å². The molecule has 1 saturated heterocycles. The van der Waals surface area contributed by atoms with Crippen LogP contribution in [0.15, 0.2) is 53.9 Å². The van der Waals surface area contributed by atoms with E-state index in [9.17, 15) is 9.18 Å². The molecule has 1 aliphatic rings. The van der Waals surface area contributed by atoms with Crippen LogP contribution in [-0.4, -0.2) is 53.4 Å². The van der Waals surface area contributed by atoms with E-state index in [2.05, 4.69) is 15.1 Å². The summed E-state index contributed by atoms with van der Waals surface area (Å²) in [6.45, 7) is 5.10. The fourth-order valence-electron chi connectivity index (χ4n) is 3.53. The number of amides is 1. The average molecular weight is 459 g/mol. The van der Waals surface area contributed by atoms with Gasteiger partial charge in [-0.1, -0.05) is 29.8 Å². The van der Waals surface area contributed by atoms with Gasteiger partial charge in [-0.2, -0.15) is 0 Å². The summed E-state index contributed by atoms with van der Waals surface area (Å²) in [6, 6.07) is 14.0. The molecular weight excluding hydrogens is 435 g/mol. The van der Waals surface area contributed by atoms with E-state index in [1.165, 1.54) is 12.1 Å². The van der Waals surface area contributed by atoms with Crippen molar-refractivity contribution in [1.29, 1.82) is 0 Å². The van der Waals surface area contributed by atoms with Crippen molar-refractivity contribution in [2.75, 3.05) is 32.7 Å². The largest absolute Gasteiger partial charge is 0.351 e. The molecule has 2 aromatic carbocycles. The smallest absolute Gasteiger partial charge is 0.234 e. The van der Waals surface area contributed by atoms with Crippen molar-refractivity contribution in [1.82, 2.24) is 20.1 Å². The van der Waals surface area contributed by atoms with Crippen molar-refractivity contribution < 1.29 is 9.18 Å². The van der Waals surface area contributed by atoms with E-state index in [0.717, 1.165) is 54.6 Å². The molecule has 0 spiro atoms. The summed E-state index contributed by atoms with van der Waals surface area (Å²) < 4.78 is 13.1. The number of nitrogens with one attached hydrogen (secondary N) is 1. The van der Waals surface area contributed by atoms with E-state index >= 15 is 0 Å². The fourth-order valence-corrected chi connectivity index (χ4v) is 4.58. The monoisotopic (exact) mass is 458 g/mol. The number of rotatable bonds is 7. The molecule has 0 atom stereocenters. The zero-order chi connectivity index (χ0) is 21.6. The van der Waals surface area contributed by atoms with Crippen molar-refractivity contribution in [2.24, 2.45) is 0 Å². The summed E-state index contributed by atoms with van der Waals surface area (Å²) in [5, 5.41) is 6.68. The van der Waals surface area contributed by atoms with Crippen molar-refractivity contribution in [3.8, 4) is 11.3 Å². The first-order chi connectivity index (χ1) is 15.1. The standard InChI is InChI=1S/C23H24ClFN4OS/c24-20-4-2-1-3-18(20)13-26-22(30)14-28-9-11-29(12-10-28)15-23-27-21(16-31-23)17-5-7-19(25)8-6-17/h1-8,16H,9-15H2,(H,26,30). The van der Waals surface area contributed by atoms with Gasteiger partial charge in [0.05, 0.1) is 18.8 Å². The highest BCUT2D eigenvalue weighted by Gasteiger charge is 2.20. The van der Waals surface area contributed by atoms with Crippen LogP contribution in [0.4, 0.5) is 4.39 Å². The van der Waals surface area contributed by atoms with Crippen molar-refractivity contribution in [3.05, 3.63) is 75.3 Å². The highest BCUT2D eigenvalue weighted by atomic mass is 35.5. The van der Waals surface area contributed by atoms with E-state index < -0.39 is 0 Å². The third kappa shape index (κ3) is 6.11. The van der Waals surface area contributed by atoms with Gasteiger partial charge in [-0.25, -0.2) is 9.37 Å². The van der Waals surface area contributed by atoms with Crippen LogP contribution in [0.1, 0.15) is 10.6 Å². The predicted molar refractivity (Wildman–Crippen MR) is 123 cm³/mol. The van der Waals surface area contributed by atoms with Crippen molar-refractivity contribution >= 4 is 28.8 Å². The molecule has 1 fully saturated rings. The number of benzene rings is 2. The number of carbonyl (C=O) groups is 1. The van der Waals surface area contributed by atoms with Gasteiger partial charge in [0.1, 0.15) is 10.8 Å². The Morgan fingerprint density at radius 2 is 1.77 bits per heavy atom. The number of aromatic nitrogens is 1. The van der Waals surface area contributed by atoms with Crippen LogP contribution >= 0.6 is 22.9 Å². The Bertz CT molecular complexity index is 1020. The second-order valence-electron chi connectivity index (χ2n) is 7.55. The normalized spacial score (nSPS) is 15.2. The van der Waals surface area contributed by atoms with Crippen LogP contribution in [0.25, 0.3) is 11.3 Å². The molecule has 3 aromatic rings. The van der Waals surface area contributed by atoms with E-state index in [4.69, 9.17) is 16.6 Å². The minimum Gasteiger partial charge on any atom is -0.351 e. The number of hydrogen-bond donors (Lipinski definition) is 1. The Morgan fingerprint density at radius 3 is 2.52 bits per heavy atom. The minimum absolute atomic E-state index is 0.0113. The van der Waals surface area contributed by atoms with E-state index in [-0.39, 0.29) is 11.7 Å². The van der Waals surface area contributed by atoms with Gasteiger partial charge in [0.2, 0.25) is 5.91 Å². The molecule has 8 heteroatoms. The first-order valence-corrected chi connectivity index (χ1v) is 11.5. The average Bonchev–Trinajstić information content (AvgIpc) is 3.23. The zero-order valence-electron chi connectivity index (χ0n) is 17.1. The molecule has 1 amide bonds. The Hall–Kier alpha value is -2.32. The Balaban J connectivity index is 1.21. The Morgan fingerprint density at radius 1 is 1.06 bits per heavy atom.